The molecule has 1 N–H and O–H groups in total. The molecule has 7 nitrogen and oxygen atoms in total. The van der Waals surface area contributed by atoms with E-state index in [2.05, 4.69) is 15.5 Å². The van der Waals surface area contributed by atoms with Gasteiger partial charge in [-0.1, -0.05) is 18.2 Å². The summed E-state index contributed by atoms with van der Waals surface area (Å²) in [7, 11) is 1.63. The van der Waals surface area contributed by atoms with E-state index < -0.39 is 0 Å². The van der Waals surface area contributed by atoms with Crippen molar-refractivity contribution in [2.24, 2.45) is 5.10 Å². The quantitative estimate of drug-likeness (QED) is 0.397. The number of carbonyl (C=O) groups is 1. The number of amides is 1. The summed E-state index contributed by atoms with van der Waals surface area (Å²) in [6.07, 6.45) is 6.58. The van der Waals surface area contributed by atoms with Gasteiger partial charge in [0.25, 0.3) is 5.91 Å². The fourth-order valence-electron chi connectivity index (χ4n) is 2.90. The SMILES string of the molecule is COc1ccc(-c2nn(-c3ccccc3)cc2/C=N\NC(=O)c2ccncc2)cc1. The Morgan fingerprint density at radius 2 is 1.77 bits per heavy atom. The average molecular weight is 397 g/mol. The predicted molar refractivity (Wildman–Crippen MR) is 115 cm³/mol. The van der Waals surface area contributed by atoms with Gasteiger partial charge in [0.2, 0.25) is 0 Å². The first-order valence-corrected chi connectivity index (χ1v) is 9.27. The van der Waals surface area contributed by atoms with Crippen molar-refractivity contribution >= 4 is 12.1 Å². The Labute approximate surface area is 173 Å². The third-order valence-electron chi connectivity index (χ3n) is 4.44. The molecule has 0 unspecified atom stereocenters. The van der Waals surface area contributed by atoms with Crippen molar-refractivity contribution in [3.63, 3.8) is 0 Å². The molecule has 1 amide bonds. The van der Waals surface area contributed by atoms with Crippen LogP contribution in [0.1, 0.15) is 15.9 Å². The number of hydrogen-bond donors (Lipinski definition) is 1. The van der Waals surface area contributed by atoms with Gasteiger partial charge < -0.3 is 4.74 Å². The monoisotopic (exact) mass is 397 g/mol. The van der Waals surface area contributed by atoms with Gasteiger partial charge in [0, 0.05) is 35.3 Å². The highest BCUT2D eigenvalue weighted by molar-refractivity contribution is 5.95. The molecule has 0 fully saturated rings. The Kier molecular flexibility index (Phi) is 5.61. The third kappa shape index (κ3) is 4.25. The number of rotatable bonds is 6. The van der Waals surface area contributed by atoms with Crippen molar-refractivity contribution in [1.82, 2.24) is 20.2 Å². The molecule has 0 bridgehead atoms. The molecule has 0 atom stereocenters. The maximum absolute atomic E-state index is 12.2. The van der Waals surface area contributed by atoms with Crippen LogP contribution in [0.15, 0.2) is 90.4 Å². The van der Waals surface area contributed by atoms with Crippen LogP contribution in [0.2, 0.25) is 0 Å². The van der Waals surface area contributed by atoms with Crippen LogP contribution in [-0.2, 0) is 0 Å². The molecule has 2 aromatic carbocycles. The van der Waals surface area contributed by atoms with Gasteiger partial charge in [-0.3, -0.25) is 9.78 Å². The predicted octanol–water partition coefficient (Wildman–Crippen LogP) is 3.71. The van der Waals surface area contributed by atoms with Crippen molar-refractivity contribution in [3.05, 3.63) is 96.4 Å². The van der Waals surface area contributed by atoms with Gasteiger partial charge in [0.05, 0.1) is 19.0 Å². The maximum Gasteiger partial charge on any atom is 0.271 e. The number of para-hydroxylation sites is 1. The van der Waals surface area contributed by atoms with Crippen LogP contribution in [0.5, 0.6) is 5.75 Å². The number of hydrazone groups is 1. The van der Waals surface area contributed by atoms with Crippen LogP contribution in [0.3, 0.4) is 0 Å². The Morgan fingerprint density at radius 1 is 1.03 bits per heavy atom. The zero-order chi connectivity index (χ0) is 20.8. The molecular formula is C23H19N5O2. The topological polar surface area (TPSA) is 81.4 Å². The second-order valence-corrected chi connectivity index (χ2v) is 6.38. The van der Waals surface area contributed by atoms with Crippen LogP contribution in [0.4, 0.5) is 0 Å². The normalized spacial score (nSPS) is 10.8. The minimum Gasteiger partial charge on any atom is -0.497 e. The zero-order valence-electron chi connectivity index (χ0n) is 16.3. The van der Waals surface area contributed by atoms with E-state index in [0.717, 1.165) is 28.3 Å². The van der Waals surface area contributed by atoms with Crippen molar-refractivity contribution in [3.8, 4) is 22.7 Å². The molecule has 4 aromatic rings. The lowest BCUT2D eigenvalue weighted by molar-refractivity contribution is 0.0955. The molecule has 0 spiro atoms. The number of nitrogens with one attached hydrogen (secondary N) is 1. The smallest absolute Gasteiger partial charge is 0.271 e. The molecule has 0 saturated heterocycles. The van der Waals surface area contributed by atoms with Gasteiger partial charge >= 0.3 is 0 Å². The summed E-state index contributed by atoms with van der Waals surface area (Å²) < 4.78 is 7.02. The summed E-state index contributed by atoms with van der Waals surface area (Å²) in [6, 6.07) is 20.7. The van der Waals surface area contributed by atoms with Gasteiger partial charge in [-0.15, -0.1) is 0 Å². The average Bonchev–Trinajstić information content (AvgIpc) is 3.24. The maximum atomic E-state index is 12.2. The van der Waals surface area contributed by atoms with Gasteiger partial charge in [-0.2, -0.15) is 10.2 Å². The summed E-state index contributed by atoms with van der Waals surface area (Å²) in [5, 5.41) is 8.85. The molecule has 148 valence electrons. The lowest BCUT2D eigenvalue weighted by Crippen LogP contribution is -2.17. The summed E-state index contributed by atoms with van der Waals surface area (Å²) in [4.78, 5) is 16.1. The van der Waals surface area contributed by atoms with Crippen molar-refractivity contribution < 1.29 is 9.53 Å². The molecule has 0 radical (unpaired) electrons. The van der Waals surface area contributed by atoms with E-state index >= 15 is 0 Å². The summed E-state index contributed by atoms with van der Waals surface area (Å²) in [6.45, 7) is 0. The number of ether oxygens (including phenoxy) is 1. The molecular weight excluding hydrogens is 378 g/mol. The number of methoxy groups -OCH3 is 1. The molecule has 0 aliphatic heterocycles. The van der Waals surface area contributed by atoms with Crippen LogP contribution in [0.25, 0.3) is 16.9 Å². The number of hydrogen-bond acceptors (Lipinski definition) is 5. The second kappa shape index (κ2) is 8.83. The highest BCUT2D eigenvalue weighted by Gasteiger charge is 2.12. The molecule has 0 saturated carbocycles. The molecule has 0 aliphatic rings. The molecule has 2 heterocycles. The molecule has 7 heteroatoms. The molecule has 0 aliphatic carbocycles. The molecule has 30 heavy (non-hydrogen) atoms. The number of nitrogens with zero attached hydrogens (tertiary/aromatic N) is 4. The minimum absolute atomic E-state index is 0.310. The van der Waals surface area contributed by atoms with Crippen molar-refractivity contribution in [1.29, 1.82) is 0 Å². The summed E-state index contributed by atoms with van der Waals surface area (Å²) in [5.74, 6) is 0.455. The number of carbonyl (C=O) groups excluding carboxylic acids is 1. The number of pyridine rings is 1. The lowest BCUT2D eigenvalue weighted by atomic mass is 10.1. The first-order chi connectivity index (χ1) is 14.7. The first-order valence-electron chi connectivity index (χ1n) is 9.27. The van der Waals surface area contributed by atoms with Crippen LogP contribution in [-0.4, -0.2) is 34.0 Å². The first kappa shape index (κ1) is 19.1. The second-order valence-electron chi connectivity index (χ2n) is 6.38. The van der Waals surface area contributed by atoms with E-state index in [-0.39, 0.29) is 5.91 Å². The molecule has 4 rings (SSSR count). The van der Waals surface area contributed by atoms with Gasteiger partial charge in [-0.05, 0) is 48.5 Å². The van der Waals surface area contributed by atoms with E-state index in [1.54, 1.807) is 42.5 Å². The summed E-state index contributed by atoms with van der Waals surface area (Å²) in [5.41, 5.74) is 6.36. The van der Waals surface area contributed by atoms with E-state index in [0.29, 0.717) is 5.56 Å². The Morgan fingerprint density at radius 3 is 2.47 bits per heavy atom. The number of benzene rings is 2. The fraction of sp³-hybridized carbons (Fsp3) is 0.0435. The third-order valence-corrected chi connectivity index (χ3v) is 4.44. The van der Waals surface area contributed by atoms with E-state index in [9.17, 15) is 4.79 Å². The van der Waals surface area contributed by atoms with Gasteiger partial charge in [0.1, 0.15) is 11.4 Å². The fourth-order valence-corrected chi connectivity index (χ4v) is 2.90. The van der Waals surface area contributed by atoms with Crippen LogP contribution < -0.4 is 10.2 Å². The highest BCUT2D eigenvalue weighted by atomic mass is 16.5. The highest BCUT2D eigenvalue weighted by Crippen LogP contribution is 2.25. The largest absolute Gasteiger partial charge is 0.497 e. The van der Waals surface area contributed by atoms with E-state index in [1.165, 1.54) is 0 Å². The Balaban J connectivity index is 1.64. The molecule has 2 aromatic heterocycles. The van der Waals surface area contributed by atoms with Crippen LogP contribution in [0, 0.1) is 0 Å². The number of aromatic nitrogens is 3. The Bertz CT molecular complexity index is 1150. The Hall–Kier alpha value is -4.26. The minimum atomic E-state index is -0.310. The zero-order valence-corrected chi connectivity index (χ0v) is 16.3. The van der Waals surface area contributed by atoms with E-state index in [4.69, 9.17) is 9.84 Å². The van der Waals surface area contributed by atoms with Crippen molar-refractivity contribution in [2.45, 2.75) is 0 Å². The summed E-state index contributed by atoms with van der Waals surface area (Å²) >= 11 is 0. The van der Waals surface area contributed by atoms with Gasteiger partial charge in [-0.25, -0.2) is 10.1 Å². The van der Waals surface area contributed by atoms with Crippen LogP contribution >= 0.6 is 0 Å². The van der Waals surface area contributed by atoms with Crippen molar-refractivity contribution in [2.75, 3.05) is 7.11 Å². The lowest BCUT2D eigenvalue weighted by Gasteiger charge is -2.02. The van der Waals surface area contributed by atoms with Gasteiger partial charge in [0.15, 0.2) is 0 Å². The van der Waals surface area contributed by atoms with E-state index in [1.807, 2.05) is 60.8 Å². The standard InChI is InChI=1S/C23H19N5O2/c1-30-21-9-7-17(8-10-21)22-19(16-28(27-22)20-5-3-2-4-6-20)15-25-26-23(29)18-11-13-24-14-12-18/h2-16H,1H3,(H,26,29)/b25-15-.